The molecule has 0 bridgehead atoms. The van der Waals surface area contributed by atoms with Crippen molar-refractivity contribution in [1.29, 1.82) is 0 Å². The van der Waals surface area contributed by atoms with Gasteiger partial charge in [0, 0.05) is 5.56 Å². The summed E-state index contributed by atoms with van der Waals surface area (Å²) in [5.41, 5.74) is 2.38. The van der Waals surface area contributed by atoms with Gasteiger partial charge in [-0.05, 0) is 6.42 Å². The van der Waals surface area contributed by atoms with Crippen LogP contribution in [-0.4, -0.2) is 9.90 Å². The van der Waals surface area contributed by atoms with Crippen LogP contribution < -0.4 is 4.68 Å². The van der Waals surface area contributed by atoms with E-state index in [0.717, 1.165) is 12.2 Å². The molecule has 0 saturated carbocycles. The van der Waals surface area contributed by atoms with Gasteiger partial charge in [0.05, 0.1) is 5.21 Å². The highest BCUT2D eigenvalue weighted by Gasteiger charge is 2.13. The second-order valence-electron chi connectivity index (χ2n) is 4.01. The van der Waals surface area contributed by atoms with Gasteiger partial charge in [0.2, 0.25) is 0 Å². The van der Waals surface area contributed by atoms with E-state index in [2.05, 4.69) is 42.6 Å². The topological polar surface area (TPSA) is 21.7 Å². The molecule has 0 aliphatic heterocycles. The molecule has 3 nitrogen and oxygen atoms in total. The minimum atomic E-state index is 0.997. The second kappa shape index (κ2) is 4.92. The summed E-state index contributed by atoms with van der Waals surface area (Å²) in [6.07, 6.45) is 4.49. The van der Waals surface area contributed by atoms with E-state index in [-0.39, 0.29) is 0 Å². The predicted octanol–water partition coefficient (Wildman–Crippen LogP) is 2.17. The van der Waals surface area contributed by atoms with Crippen molar-refractivity contribution < 1.29 is 4.68 Å². The Morgan fingerprint density at radius 2 is 2.00 bits per heavy atom. The molecule has 0 aliphatic carbocycles. The maximum absolute atomic E-state index is 4.46. The molecule has 2 aromatic rings. The summed E-state index contributed by atoms with van der Waals surface area (Å²) >= 11 is 0. The van der Waals surface area contributed by atoms with Gasteiger partial charge in [0.15, 0.2) is 11.9 Å². The smallest absolute Gasteiger partial charge is 0.137 e. The zero-order valence-corrected chi connectivity index (χ0v) is 9.93. The lowest BCUT2D eigenvalue weighted by Crippen LogP contribution is -2.35. The number of nitrogens with zero attached hydrogens (tertiary/aromatic N) is 3. The summed E-state index contributed by atoms with van der Waals surface area (Å²) in [4.78, 5) is 0. The molecule has 0 atom stereocenters. The molecule has 84 valence electrons. The molecular formula is C13H18N3+. The fraction of sp³-hybridized carbons (Fsp3) is 0.385. The summed E-state index contributed by atoms with van der Waals surface area (Å²) in [7, 11) is 1.99. The minimum Gasteiger partial charge on any atom is -0.137 e. The van der Waals surface area contributed by atoms with Gasteiger partial charge in [-0.1, -0.05) is 43.7 Å². The fourth-order valence-electron chi connectivity index (χ4n) is 1.77. The average Bonchev–Trinajstić information content (AvgIpc) is 2.69. The molecule has 0 saturated heterocycles. The summed E-state index contributed by atoms with van der Waals surface area (Å²) < 4.78 is 3.96. The first kappa shape index (κ1) is 10.9. The molecule has 0 N–H and O–H groups in total. The Kier molecular flexibility index (Phi) is 3.34. The van der Waals surface area contributed by atoms with E-state index in [1.165, 1.54) is 18.4 Å². The van der Waals surface area contributed by atoms with E-state index in [4.69, 9.17) is 0 Å². The Labute approximate surface area is 96.3 Å². The Balaban J connectivity index is 2.25. The number of benzene rings is 1. The van der Waals surface area contributed by atoms with E-state index in [9.17, 15) is 0 Å². The van der Waals surface area contributed by atoms with Crippen molar-refractivity contribution in [1.82, 2.24) is 9.90 Å². The molecular weight excluding hydrogens is 198 g/mol. The SMILES string of the molecule is CCCC[n+]1cc(-c2ccccc2)n(C)n1. The predicted molar refractivity (Wildman–Crippen MR) is 63.7 cm³/mol. The summed E-state index contributed by atoms with van der Waals surface area (Å²) in [6, 6.07) is 10.4. The fourth-order valence-corrected chi connectivity index (χ4v) is 1.77. The molecule has 0 amide bonds. The monoisotopic (exact) mass is 216 g/mol. The van der Waals surface area contributed by atoms with Gasteiger partial charge in [-0.3, -0.25) is 0 Å². The minimum absolute atomic E-state index is 0.997. The van der Waals surface area contributed by atoms with Crippen LogP contribution in [0.3, 0.4) is 0 Å². The molecule has 0 radical (unpaired) electrons. The molecule has 3 heteroatoms. The van der Waals surface area contributed by atoms with E-state index in [0.29, 0.717) is 0 Å². The van der Waals surface area contributed by atoms with E-state index in [1.54, 1.807) is 0 Å². The number of aryl methyl sites for hydroxylation is 2. The van der Waals surface area contributed by atoms with Gasteiger partial charge in [0.1, 0.15) is 13.6 Å². The highest BCUT2D eigenvalue weighted by atomic mass is 15.5. The van der Waals surface area contributed by atoms with Gasteiger partial charge in [-0.25, -0.2) is 0 Å². The lowest BCUT2D eigenvalue weighted by molar-refractivity contribution is -0.755. The largest absolute Gasteiger partial charge is 0.197 e. The Bertz CT molecular complexity index is 445. The highest BCUT2D eigenvalue weighted by molar-refractivity contribution is 5.57. The van der Waals surface area contributed by atoms with Crippen molar-refractivity contribution in [3.8, 4) is 11.3 Å². The molecule has 0 spiro atoms. The highest BCUT2D eigenvalue weighted by Crippen LogP contribution is 2.15. The first-order chi connectivity index (χ1) is 7.81. The molecule has 1 heterocycles. The van der Waals surface area contributed by atoms with Crippen molar-refractivity contribution in [3.05, 3.63) is 36.5 Å². The first-order valence-electron chi connectivity index (χ1n) is 5.80. The normalized spacial score (nSPS) is 10.6. The van der Waals surface area contributed by atoms with Crippen LogP contribution in [0.15, 0.2) is 36.5 Å². The van der Waals surface area contributed by atoms with Crippen LogP contribution in [0.2, 0.25) is 0 Å². The van der Waals surface area contributed by atoms with Crippen LogP contribution in [0.1, 0.15) is 19.8 Å². The van der Waals surface area contributed by atoms with Crippen LogP contribution in [0, 0.1) is 0 Å². The van der Waals surface area contributed by atoms with E-state index in [1.807, 2.05) is 22.5 Å². The van der Waals surface area contributed by atoms with Crippen molar-refractivity contribution in [3.63, 3.8) is 0 Å². The summed E-state index contributed by atoms with van der Waals surface area (Å²) in [6.45, 7) is 3.19. The second-order valence-corrected chi connectivity index (χ2v) is 4.01. The molecule has 1 aromatic heterocycles. The lowest BCUT2D eigenvalue weighted by atomic mass is 10.2. The van der Waals surface area contributed by atoms with Crippen LogP contribution in [0.4, 0.5) is 0 Å². The molecule has 0 aliphatic rings. The molecule has 16 heavy (non-hydrogen) atoms. The quantitative estimate of drug-likeness (QED) is 0.718. The van der Waals surface area contributed by atoms with Gasteiger partial charge in [-0.2, -0.15) is 0 Å². The number of aromatic nitrogens is 3. The average molecular weight is 216 g/mol. The standard InChI is InChI=1S/C13H18N3/c1-3-4-10-16-11-13(15(2)14-16)12-8-6-5-7-9-12/h5-9,11H,3-4,10H2,1-2H3/q+1. The van der Waals surface area contributed by atoms with E-state index >= 15 is 0 Å². The molecule has 0 unspecified atom stereocenters. The molecule has 1 aromatic carbocycles. The number of unbranched alkanes of at least 4 members (excludes halogenated alkanes) is 1. The Morgan fingerprint density at radius 1 is 1.25 bits per heavy atom. The number of rotatable bonds is 4. The van der Waals surface area contributed by atoms with Gasteiger partial charge in [-0.15, -0.1) is 9.36 Å². The van der Waals surface area contributed by atoms with Crippen LogP contribution in [-0.2, 0) is 13.6 Å². The molecule has 2 rings (SSSR count). The van der Waals surface area contributed by atoms with Crippen molar-refractivity contribution in [2.24, 2.45) is 7.05 Å². The third-order valence-electron chi connectivity index (χ3n) is 2.68. The molecule has 0 fully saturated rings. The maximum Gasteiger partial charge on any atom is 0.197 e. The van der Waals surface area contributed by atoms with Crippen molar-refractivity contribution >= 4 is 0 Å². The van der Waals surface area contributed by atoms with Gasteiger partial charge in [0.25, 0.3) is 0 Å². The van der Waals surface area contributed by atoms with Gasteiger partial charge >= 0.3 is 0 Å². The third kappa shape index (κ3) is 2.30. The first-order valence-corrected chi connectivity index (χ1v) is 5.80. The number of hydrogen-bond donors (Lipinski definition) is 0. The number of hydrogen-bond acceptors (Lipinski definition) is 1. The van der Waals surface area contributed by atoms with Crippen LogP contribution >= 0.6 is 0 Å². The summed E-state index contributed by atoms with van der Waals surface area (Å²) in [5, 5.41) is 4.46. The maximum atomic E-state index is 4.46. The van der Waals surface area contributed by atoms with E-state index < -0.39 is 0 Å². The van der Waals surface area contributed by atoms with Crippen LogP contribution in [0.5, 0.6) is 0 Å². The van der Waals surface area contributed by atoms with Crippen molar-refractivity contribution in [2.75, 3.05) is 0 Å². The Hall–Kier alpha value is -1.64. The lowest BCUT2D eigenvalue weighted by Gasteiger charge is -1.92. The Morgan fingerprint density at radius 3 is 2.69 bits per heavy atom. The summed E-state index contributed by atoms with van der Waals surface area (Å²) in [5.74, 6) is 0. The van der Waals surface area contributed by atoms with Gasteiger partial charge < -0.3 is 0 Å². The van der Waals surface area contributed by atoms with Crippen LogP contribution in [0.25, 0.3) is 11.3 Å². The van der Waals surface area contributed by atoms with Crippen molar-refractivity contribution in [2.45, 2.75) is 26.3 Å². The zero-order chi connectivity index (χ0) is 11.4. The zero-order valence-electron chi connectivity index (χ0n) is 9.93. The third-order valence-corrected chi connectivity index (χ3v) is 2.68.